The largest absolute Gasteiger partial charge is 0.497 e. The van der Waals surface area contributed by atoms with Gasteiger partial charge in [0, 0.05) is 11.9 Å². The van der Waals surface area contributed by atoms with Crippen LogP contribution >= 0.6 is 0 Å². The third-order valence-corrected chi connectivity index (χ3v) is 2.77. The maximum atomic E-state index is 11.6. The van der Waals surface area contributed by atoms with Crippen LogP contribution in [0, 0.1) is 0 Å². The van der Waals surface area contributed by atoms with Crippen molar-refractivity contribution in [1.82, 2.24) is 10.3 Å². The first-order valence-corrected chi connectivity index (χ1v) is 6.44. The molecule has 20 heavy (non-hydrogen) atoms. The number of aromatic nitrogens is 1. The van der Waals surface area contributed by atoms with Crippen molar-refractivity contribution < 1.29 is 14.3 Å². The summed E-state index contributed by atoms with van der Waals surface area (Å²) in [6.07, 6.45) is 2.16. The van der Waals surface area contributed by atoms with E-state index in [2.05, 4.69) is 10.3 Å². The van der Waals surface area contributed by atoms with E-state index in [0.717, 1.165) is 17.2 Å². The Labute approximate surface area is 117 Å². The molecule has 2 N–H and O–H groups in total. The zero-order valence-corrected chi connectivity index (χ0v) is 11.4. The van der Waals surface area contributed by atoms with Crippen molar-refractivity contribution in [3.8, 4) is 11.5 Å². The molecule has 0 radical (unpaired) electrons. The third-order valence-electron chi connectivity index (χ3n) is 2.77. The first-order chi connectivity index (χ1) is 9.78. The molecule has 0 bridgehead atoms. The van der Waals surface area contributed by atoms with E-state index >= 15 is 0 Å². The smallest absolute Gasteiger partial charge is 0.226 e. The molecule has 1 aromatic carbocycles. The van der Waals surface area contributed by atoms with E-state index in [9.17, 15) is 4.79 Å². The number of benzene rings is 1. The van der Waals surface area contributed by atoms with Crippen molar-refractivity contribution in [2.45, 2.75) is 6.42 Å². The van der Waals surface area contributed by atoms with Crippen molar-refractivity contribution in [2.24, 2.45) is 0 Å². The van der Waals surface area contributed by atoms with Crippen LogP contribution in [0.4, 0.5) is 0 Å². The Bertz CT molecular complexity index is 521. The van der Waals surface area contributed by atoms with Gasteiger partial charge in [-0.25, -0.2) is 0 Å². The van der Waals surface area contributed by atoms with Crippen LogP contribution < -0.4 is 14.8 Å². The molecule has 0 saturated carbocycles. The summed E-state index contributed by atoms with van der Waals surface area (Å²) in [5.41, 5.74) is 0.901. The van der Waals surface area contributed by atoms with Crippen LogP contribution in [0.25, 0.3) is 0 Å². The lowest BCUT2D eigenvalue weighted by Gasteiger charge is -2.08. The molecule has 0 spiro atoms. The zero-order valence-electron chi connectivity index (χ0n) is 11.4. The first-order valence-electron chi connectivity index (χ1n) is 6.44. The van der Waals surface area contributed by atoms with E-state index in [-0.39, 0.29) is 5.91 Å². The summed E-state index contributed by atoms with van der Waals surface area (Å²) in [5, 5.41) is 2.81. The van der Waals surface area contributed by atoms with Gasteiger partial charge in [-0.1, -0.05) is 0 Å². The van der Waals surface area contributed by atoms with Crippen molar-refractivity contribution in [2.75, 3.05) is 20.3 Å². The van der Waals surface area contributed by atoms with Crippen molar-refractivity contribution in [3.05, 3.63) is 48.3 Å². The van der Waals surface area contributed by atoms with Gasteiger partial charge in [0.15, 0.2) is 0 Å². The number of carbonyl (C=O) groups is 1. The molecule has 0 aliphatic carbocycles. The minimum absolute atomic E-state index is 0.0224. The molecule has 5 nitrogen and oxygen atoms in total. The molecule has 2 aromatic rings. The topological polar surface area (TPSA) is 63.4 Å². The summed E-state index contributed by atoms with van der Waals surface area (Å²) < 4.78 is 10.6. The number of aromatic amines is 1. The molecule has 0 saturated heterocycles. The fraction of sp³-hybridized carbons (Fsp3) is 0.267. The van der Waals surface area contributed by atoms with Gasteiger partial charge in [-0.15, -0.1) is 0 Å². The maximum absolute atomic E-state index is 11.6. The van der Waals surface area contributed by atoms with E-state index in [1.807, 2.05) is 36.4 Å². The lowest BCUT2D eigenvalue weighted by atomic mass is 10.3. The molecule has 0 unspecified atom stereocenters. The third kappa shape index (κ3) is 4.35. The Morgan fingerprint density at radius 2 is 1.95 bits per heavy atom. The second-order valence-corrected chi connectivity index (χ2v) is 4.25. The summed E-state index contributed by atoms with van der Waals surface area (Å²) in [7, 11) is 1.62. The second-order valence-electron chi connectivity index (χ2n) is 4.25. The molecule has 2 rings (SSSR count). The number of H-pyrrole nitrogens is 1. The fourth-order valence-corrected chi connectivity index (χ4v) is 1.74. The van der Waals surface area contributed by atoms with Gasteiger partial charge in [0.2, 0.25) is 5.91 Å². The van der Waals surface area contributed by atoms with Crippen molar-refractivity contribution in [3.63, 3.8) is 0 Å². The monoisotopic (exact) mass is 274 g/mol. The average Bonchev–Trinajstić information content (AvgIpc) is 2.97. The maximum Gasteiger partial charge on any atom is 0.226 e. The lowest BCUT2D eigenvalue weighted by molar-refractivity contribution is -0.120. The molecular formula is C15H18N2O3. The molecule has 0 fully saturated rings. The van der Waals surface area contributed by atoms with Crippen LogP contribution in [0.15, 0.2) is 42.6 Å². The number of amides is 1. The molecule has 0 atom stereocenters. The number of methoxy groups -OCH3 is 1. The Morgan fingerprint density at radius 1 is 1.20 bits per heavy atom. The van der Waals surface area contributed by atoms with E-state index < -0.39 is 0 Å². The molecule has 5 heteroatoms. The molecule has 0 aliphatic heterocycles. The molecule has 1 aromatic heterocycles. The highest BCUT2D eigenvalue weighted by molar-refractivity contribution is 5.78. The summed E-state index contributed by atoms with van der Waals surface area (Å²) in [6.45, 7) is 0.911. The van der Waals surface area contributed by atoms with Gasteiger partial charge in [-0.3, -0.25) is 4.79 Å². The van der Waals surface area contributed by atoms with E-state index in [1.165, 1.54) is 0 Å². The Morgan fingerprint density at radius 3 is 2.60 bits per heavy atom. The molecule has 1 heterocycles. The summed E-state index contributed by atoms with van der Waals surface area (Å²) in [5.74, 6) is 1.52. The van der Waals surface area contributed by atoms with Crippen LogP contribution in [0.1, 0.15) is 5.69 Å². The normalized spacial score (nSPS) is 10.1. The number of hydrogen-bond acceptors (Lipinski definition) is 3. The molecular weight excluding hydrogens is 256 g/mol. The van der Waals surface area contributed by atoms with E-state index in [4.69, 9.17) is 9.47 Å². The minimum atomic E-state index is -0.0224. The molecule has 1 amide bonds. The Hall–Kier alpha value is -2.43. The molecule has 0 aliphatic rings. The van der Waals surface area contributed by atoms with Crippen molar-refractivity contribution in [1.29, 1.82) is 0 Å². The van der Waals surface area contributed by atoms with Crippen molar-refractivity contribution >= 4 is 5.91 Å². The van der Waals surface area contributed by atoms with Gasteiger partial charge in [0.1, 0.15) is 18.1 Å². The summed E-state index contributed by atoms with van der Waals surface area (Å²) >= 11 is 0. The second kappa shape index (κ2) is 7.23. The van der Waals surface area contributed by atoms with Gasteiger partial charge in [0.05, 0.1) is 20.1 Å². The predicted molar refractivity (Wildman–Crippen MR) is 76.0 cm³/mol. The highest BCUT2D eigenvalue weighted by Crippen LogP contribution is 2.16. The van der Waals surface area contributed by atoms with Gasteiger partial charge in [0.25, 0.3) is 0 Å². The number of ether oxygens (including phenoxy) is 2. The van der Waals surface area contributed by atoms with Gasteiger partial charge in [-0.05, 0) is 36.4 Å². The van der Waals surface area contributed by atoms with Gasteiger partial charge in [-0.2, -0.15) is 0 Å². The standard InChI is InChI=1S/C15H18N2O3/c1-19-13-4-6-14(7-5-13)20-10-9-17-15(18)11-12-3-2-8-16-12/h2-8,16H,9-11H2,1H3,(H,17,18). The van der Waals surface area contributed by atoms with Crippen LogP contribution in [0.5, 0.6) is 11.5 Å². The number of carbonyl (C=O) groups excluding carboxylic acids is 1. The van der Waals surface area contributed by atoms with E-state index in [0.29, 0.717) is 19.6 Å². The fourth-order valence-electron chi connectivity index (χ4n) is 1.74. The van der Waals surface area contributed by atoms with Crippen LogP contribution in [0.2, 0.25) is 0 Å². The summed E-state index contributed by atoms with van der Waals surface area (Å²) in [6, 6.07) is 11.1. The zero-order chi connectivity index (χ0) is 14.2. The number of hydrogen-bond donors (Lipinski definition) is 2. The Balaban J connectivity index is 1.64. The van der Waals surface area contributed by atoms with Crippen LogP contribution in [-0.2, 0) is 11.2 Å². The predicted octanol–water partition coefficient (Wildman–Crippen LogP) is 1.76. The van der Waals surface area contributed by atoms with Gasteiger partial charge < -0.3 is 19.8 Å². The van der Waals surface area contributed by atoms with E-state index in [1.54, 1.807) is 13.3 Å². The average molecular weight is 274 g/mol. The lowest BCUT2D eigenvalue weighted by Crippen LogP contribution is -2.29. The van der Waals surface area contributed by atoms with Gasteiger partial charge >= 0.3 is 0 Å². The highest BCUT2D eigenvalue weighted by Gasteiger charge is 2.03. The van der Waals surface area contributed by atoms with Crippen LogP contribution in [0.3, 0.4) is 0 Å². The Kier molecular flexibility index (Phi) is 5.06. The minimum Gasteiger partial charge on any atom is -0.497 e. The number of nitrogens with one attached hydrogen (secondary N) is 2. The quantitative estimate of drug-likeness (QED) is 0.756. The molecule has 106 valence electrons. The SMILES string of the molecule is COc1ccc(OCCNC(=O)Cc2ccc[nH]2)cc1. The first kappa shape index (κ1) is 14.0. The highest BCUT2D eigenvalue weighted by atomic mass is 16.5. The van der Waals surface area contributed by atoms with Crippen LogP contribution in [-0.4, -0.2) is 31.2 Å². The summed E-state index contributed by atoms with van der Waals surface area (Å²) in [4.78, 5) is 14.6. The number of rotatable bonds is 7.